The fraction of sp³-hybridized carbons (Fsp3) is 0.625. The summed E-state index contributed by atoms with van der Waals surface area (Å²) in [5.41, 5.74) is 0.245. The fourth-order valence-electron chi connectivity index (χ4n) is 2.83. The molecule has 0 spiro atoms. The lowest BCUT2D eigenvalue weighted by molar-refractivity contribution is -0.137. The molecule has 1 aromatic carbocycles. The zero-order chi connectivity index (χ0) is 15.6. The van der Waals surface area contributed by atoms with E-state index in [1.807, 2.05) is 0 Å². The molecule has 0 aromatic heterocycles. The third-order valence-corrected chi connectivity index (χ3v) is 4.22. The van der Waals surface area contributed by atoms with Gasteiger partial charge < -0.3 is 10.1 Å². The van der Waals surface area contributed by atoms with Crippen molar-refractivity contribution in [3.63, 3.8) is 0 Å². The van der Waals surface area contributed by atoms with Crippen molar-refractivity contribution in [1.29, 1.82) is 0 Å². The topological polar surface area (TPSA) is 24.5 Å². The third-order valence-electron chi connectivity index (χ3n) is 4.22. The van der Waals surface area contributed by atoms with Crippen LogP contribution in [0.1, 0.15) is 24.0 Å². The summed E-state index contributed by atoms with van der Waals surface area (Å²) in [5.74, 6) is 0. The highest BCUT2D eigenvalue weighted by Crippen LogP contribution is 2.29. The van der Waals surface area contributed by atoms with Gasteiger partial charge in [0, 0.05) is 32.2 Å². The van der Waals surface area contributed by atoms with E-state index in [0.29, 0.717) is 6.54 Å². The van der Waals surface area contributed by atoms with Crippen molar-refractivity contribution in [3.05, 3.63) is 35.4 Å². The standard InChI is InChI=1S/C16H21F3N2O/c17-16(18,19)13-3-1-12(2-4-13)9-20-10-15-11-21(7-8-22-15)14-5-6-14/h1-4,14-15,20H,5-11H2. The molecule has 3 nitrogen and oxygen atoms in total. The summed E-state index contributed by atoms with van der Waals surface area (Å²) in [5, 5.41) is 3.28. The quantitative estimate of drug-likeness (QED) is 0.904. The Morgan fingerprint density at radius 1 is 1.18 bits per heavy atom. The largest absolute Gasteiger partial charge is 0.416 e. The Morgan fingerprint density at radius 2 is 1.91 bits per heavy atom. The van der Waals surface area contributed by atoms with Gasteiger partial charge in [0.15, 0.2) is 0 Å². The highest BCUT2D eigenvalue weighted by atomic mass is 19.4. The molecule has 6 heteroatoms. The summed E-state index contributed by atoms with van der Waals surface area (Å²) in [7, 11) is 0. The molecule has 1 aliphatic heterocycles. The smallest absolute Gasteiger partial charge is 0.374 e. The first-order chi connectivity index (χ1) is 10.5. The Balaban J connectivity index is 1.42. The third kappa shape index (κ3) is 4.21. The van der Waals surface area contributed by atoms with Crippen molar-refractivity contribution in [1.82, 2.24) is 10.2 Å². The zero-order valence-corrected chi connectivity index (χ0v) is 12.4. The van der Waals surface area contributed by atoms with Gasteiger partial charge in [0.25, 0.3) is 0 Å². The normalized spacial score (nSPS) is 23.7. The molecule has 1 saturated carbocycles. The maximum absolute atomic E-state index is 12.5. The average Bonchev–Trinajstić information content (AvgIpc) is 3.32. The molecule has 0 amide bonds. The Morgan fingerprint density at radius 3 is 2.55 bits per heavy atom. The maximum Gasteiger partial charge on any atom is 0.416 e. The van der Waals surface area contributed by atoms with Gasteiger partial charge in [-0.15, -0.1) is 0 Å². The van der Waals surface area contributed by atoms with Gasteiger partial charge in [0.05, 0.1) is 18.3 Å². The lowest BCUT2D eigenvalue weighted by atomic mass is 10.1. The summed E-state index contributed by atoms with van der Waals surface area (Å²) in [6.07, 6.45) is -1.50. The fourth-order valence-corrected chi connectivity index (χ4v) is 2.83. The van der Waals surface area contributed by atoms with E-state index in [1.54, 1.807) is 0 Å². The Hall–Kier alpha value is -1.11. The number of morpholine rings is 1. The minimum absolute atomic E-state index is 0.170. The lowest BCUT2D eigenvalue weighted by Gasteiger charge is -2.33. The molecule has 1 N–H and O–H groups in total. The predicted octanol–water partition coefficient (Wildman–Crippen LogP) is 2.66. The molecule has 2 fully saturated rings. The number of hydrogen-bond acceptors (Lipinski definition) is 3. The lowest BCUT2D eigenvalue weighted by Crippen LogP contribution is -2.47. The molecule has 1 aliphatic carbocycles. The van der Waals surface area contributed by atoms with Gasteiger partial charge >= 0.3 is 6.18 Å². The Kier molecular flexibility index (Phi) is 4.70. The molecule has 1 aromatic rings. The van der Waals surface area contributed by atoms with Crippen LogP contribution in [-0.4, -0.2) is 43.3 Å². The van der Waals surface area contributed by atoms with Crippen LogP contribution in [0.5, 0.6) is 0 Å². The van der Waals surface area contributed by atoms with Crippen LogP contribution in [0.2, 0.25) is 0 Å². The second kappa shape index (κ2) is 6.56. The molecule has 1 atom stereocenters. The summed E-state index contributed by atoms with van der Waals surface area (Å²) in [6, 6.07) is 6.05. The summed E-state index contributed by atoms with van der Waals surface area (Å²) in [6.45, 7) is 4.01. The molecule has 2 aliphatic rings. The van der Waals surface area contributed by atoms with Gasteiger partial charge in [-0.3, -0.25) is 4.90 Å². The van der Waals surface area contributed by atoms with E-state index in [9.17, 15) is 13.2 Å². The van der Waals surface area contributed by atoms with Crippen LogP contribution in [0.3, 0.4) is 0 Å². The number of halogens is 3. The van der Waals surface area contributed by atoms with Crippen LogP contribution in [0.25, 0.3) is 0 Å². The average molecular weight is 314 g/mol. The van der Waals surface area contributed by atoms with E-state index in [1.165, 1.54) is 25.0 Å². The highest BCUT2D eigenvalue weighted by molar-refractivity contribution is 5.24. The Bertz CT molecular complexity index is 485. The van der Waals surface area contributed by atoms with Crippen molar-refractivity contribution in [2.45, 2.75) is 37.7 Å². The highest BCUT2D eigenvalue weighted by Gasteiger charge is 2.32. The van der Waals surface area contributed by atoms with E-state index in [4.69, 9.17) is 4.74 Å². The van der Waals surface area contributed by atoms with Crippen LogP contribution in [0.4, 0.5) is 13.2 Å². The van der Waals surface area contributed by atoms with E-state index >= 15 is 0 Å². The molecule has 122 valence electrons. The van der Waals surface area contributed by atoms with Crippen LogP contribution in [0, 0.1) is 0 Å². The van der Waals surface area contributed by atoms with E-state index < -0.39 is 11.7 Å². The van der Waals surface area contributed by atoms with Crippen molar-refractivity contribution < 1.29 is 17.9 Å². The van der Waals surface area contributed by atoms with Crippen molar-refractivity contribution in [2.24, 2.45) is 0 Å². The van der Waals surface area contributed by atoms with Gasteiger partial charge in [-0.2, -0.15) is 13.2 Å². The molecule has 3 rings (SSSR count). The minimum atomic E-state index is -4.27. The van der Waals surface area contributed by atoms with Crippen LogP contribution >= 0.6 is 0 Å². The first-order valence-corrected chi connectivity index (χ1v) is 7.75. The first kappa shape index (κ1) is 15.8. The summed E-state index contributed by atoms with van der Waals surface area (Å²) >= 11 is 0. The van der Waals surface area contributed by atoms with E-state index in [2.05, 4.69) is 10.2 Å². The van der Waals surface area contributed by atoms with Crippen LogP contribution in [-0.2, 0) is 17.5 Å². The summed E-state index contributed by atoms with van der Waals surface area (Å²) in [4.78, 5) is 2.48. The predicted molar refractivity (Wildman–Crippen MR) is 77.5 cm³/mol. The SMILES string of the molecule is FC(F)(F)c1ccc(CNCC2CN(C3CC3)CCO2)cc1. The first-order valence-electron chi connectivity index (χ1n) is 7.75. The monoisotopic (exact) mass is 314 g/mol. The van der Waals surface area contributed by atoms with Crippen LogP contribution < -0.4 is 5.32 Å². The maximum atomic E-state index is 12.5. The minimum Gasteiger partial charge on any atom is -0.374 e. The molecule has 1 saturated heterocycles. The van der Waals surface area contributed by atoms with Gasteiger partial charge in [-0.25, -0.2) is 0 Å². The molecule has 1 unspecified atom stereocenters. The number of ether oxygens (including phenoxy) is 1. The van der Waals surface area contributed by atoms with Gasteiger partial charge in [0.1, 0.15) is 0 Å². The summed E-state index contributed by atoms with van der Waals surface area (Å²) < 4.78 is 43.2. The number of benzene rings is 1. The van der Waals surface area contributed by atoms with E-state index in [0.717, 1.165) is 50.0 Å². The zero-order valence-electron chi connectivity index (χ0n) is 12.4. The molecule has 22 heavy (non-hydrogen) atoms. The number of hydrogen-bond donors (Lipinski definition) is 1. The van der Waals surface area contributed by atoms with Gasteiger partial charge in [-0.05, 0) is 30.5 Å². The molecule has 0 radical (unpaired) electrons. The number of alkyl halides is 3. The second-order valence-electron chi connectivity index (χ2n) is 6.04. The number of nitrogens with one attached hydrogen (secondary N) is 1. The van der Waals surface area contributed by atoms with Crippen molar-refractivity contribution in [3.8, 4) is 0 Å². The van der Waals surface area contributed by atoms with E-state index in [-0.39, 0.29) is 6.10 Å². The Labute approximate surface area is 128 Å². The van der Waals surface area contributed by atoms with Crippen molar-refractivity contribution >= 4 is 0 Å². The number of rotatable bonds is 5. The molecule has 1 heterocycles. The van der Waals surface area contributed by atoms with Gasteiger partial charge in [0.2, 0.25) is 0 Å². The number of nitrogens with zero attached hydrogens (tertiary/aromatic N) is 1. The molecular weight excluding hydrogens is 293 g/mol. The second-order valence-corrected chi connectivity index (χ2v) is 6.04. The molecular formula is C16H21F3N2O. The molecule has 0 bridgehead atoms. The van der Waals surface area contributed by atoms with Crippen molar-refractivity contribution in [2.75, 3.05) is 26.2 Å². The van der Waals surface area contributed by atoms with Gasteiger partial charge in [-0.1, -0.05) is 12.1 Å². The van der Waals surface area contributed by atoms with Crippen LogP contribution in [0.15, 0.2) is 24.3 Å².